The third kappa shape index (κ3) is 2.94. The lowest BCUT2D eigenvalue weighted by atomic mass is 9.98. The summed E-state index contributed by atoms with van der Waals surface area (Å²) >= 11 is 0. The maximum absolute atomic E-state index is 12.6. The number of imidazole rings is 1. The molecule has 4 rings (SSSR count). The molecule has 1 saturated carbocycles. The van der Waals surface area contributed by atoms with Gasteiger partial charge in [-0.15, -0.1) is 0 Å². The molecular weight excluding hydrogens is 346 g/mol. The Morgan fingerprint density at radius 3 is 2.74 bits per heavy atom. The number of hydrogen-bond donors (Lipinski definition) is 2. The Hall–Kier alpha value is -2.90. The van der Waals surface area contributed by atoms with E-state index in [-0.39, 0.29) is 24.8 Å². The number of fused-ring (bicyclic) bond motifs is 1. The van der Waals surface area contributed by atoms with Gasteiger partial charge in [-0.3, -0.25) is 19.8 Å². The number of benzene rings is 1. The lowest BCUT2D eigenvalue weighted by Crippen LogP contribution is -2.44. The standard InChI is InChI=1S/C19H23N5O3/c1-2-23-14-8-4-3-7-13(14)20-17(23)21-15(25)9-12-24-16(26)19(22-18(24)27)10-5-6-11-19/h3-4,7-8H,2,5-6,9-12H2,1H3,(H,22,27)(H,20,21,25). The smallest absolute Gasteiger partial charge is 0.323 e. The zero-order valence-corrected chi connectivity index (χ0v) is 15.3. The molecule has 1 aromatic carbocycles. The number of nitrogens with zero attached hydrogens (tertiary/aromatic N) is 3. The van der Waals surface area contributed by atoms with E-state index >= 15 is 0 Å². The van der Waals surface area contributed by atoms with E-state index in [1.165, 1.54) is 4.90 Å². The fraction of sp³-hybridized carbons (Fsp3) is 0.474. The molecule has 1 saturated heterocycles. The normalized spacial score (nSPS) is 18.5. The maximum Gasteiger partial charge on any atom is 0.325 e. The number of para-hydroxylation sites is 2. The highest BCUT2D eigenvalue weighted by molar-refractivity contribution is 6.07. The van der Waals surface area contributed by atoms with Gasteiger partial charge in [0, 0.05) is 19.5 Å². The van der Waals surface area contributed by atoms with Crippen LogP contribution >= 0.6 is 0 Å². The molecule has 1 spiro atoms. The molecule has 2 N–H and O–H groups in total. The molecule has 0 unspecified atom stereocenters. The molecule has 4 amide bonds. The Morgan fingerprint density at radius 2 is 2.00 bits per heavy atom. The van der Waals surface area contributed by atoms with Crippen molar-refractivity contribution in [1.29, 1.82) is 0 Å². The lowest BCUT2D eigenvalue weighted by molar-refractivity contribution is -0.131. The van der Waals surface area contributed by atoms with E-state index < -0.39 is 11.6 Å². The number of carbonyl (C=O) groups excluding carboxylic acids is 3. The van der Waals surface area contributed by atoms with E-state index in [0.29, 0.717) is 25.3 Å². The van der Waals surface area contributed by atoms with Crippen molar-refractivity contribution in [3.8, 4) is 0 Å². The fourth-order valence-electron chi connectivity index (χ4n) is 4.09. The van der Waals surface area contributed by atoms with E-state index in [1.807, 2.05) is 35.8 Å². The third-order valence-corrected chi connectivity index (χ3v) is 5.49. The van der Waals surface area contributed by atoms with Crippen LogP contribution in [0.5, 0.6) is 0 Å². The second-order valence-corrected chi connectivity index (χ2v) is 7.14. The van der Waals surface area contributed by atoms with Gasteiger partial charge in [0.2, 0.25) is 11.9 Å². The van der Waals surface area contributed by atoms with Crippen molar-refractivity contribution in [2.75, 3.05) is 11.9 Å². The van der Waals surface area contributed by atoms with Crippen LogP contribution in [-0.2, 0) is 16.1 Å². The molecule has 2 aliphatic rings. The molecule has 1 aromatic heterocycles. The van der Waals surface area contributed by atoms with Crippen LogP contribution in [0.3, 0.4) is 0 Å². The van der Waals surface area contributed by atoms with E-state index in [1.54, 1.807) is 0 Å². The lowest BCUT2D eigenvalue weighted by Gasteiger charge is -2.19. The van der Waals surface area contributed by atoms with Crippen LogP contribution in [0.2, 0.25) is 0 Å². The monoisotopic (exact) mass is 369 g/mol. The van der Waals surface area contributed by atoms with Crippen LogP contribution in [0.4, 0.5) is 10.7 Å². The van der Waals surface area contributed by atoms with Crippen LogP contribution in [0.25, 0.3) is 11.0 Å². The van der Waals surface area contributed by atoms with E-state index in [9.17, 15) is 14.4 Å². The first-order valence-electron chi connectivity index (χ1n) is 9.43. The quantitative estimate of drug-likeness (QED) is 0.790. The summed E-state index contributed by atoms with van der Waals surface area (Å²) in [6, 6.07) is 7.28. The SMILES string of the molecule is CCn1c(NC(=O)CCN2C(=O)NC3(CCCC3)C2=O)nc2ccccc21. The molecular formula is C19H23N5O3. The Kier molecular flexibility index (Phi) is 4.33. The summed E-state index contributed by atoms with van der Waals surface area (Å²) in [5.41, 5.74) is 1.03. The van der Waals surface area contributed by atoms with Gasteiger partial charge in [-0.25, -0.2) is 9.78 Å². The summed E-state index contributed by atoms with van der Waals surface area (Å²) in [5, 5.41) is 5.64. The minimum atomic E-state index is -0.732. The largest absolute Gasteiger partial charge is 0.325 e. The second-order valence-electron chi connectivity index (χ2n) is 7.14. The van der Waals surface area contributed by atoms with Crippen molar-refractivity contribution in [2.45, 2.75) is 51.1 Å². The van der Waals surface area contributed by atoms with Crippen molar-refractivity contribution in [1.82, 2.24) is 19.8 Å². The van der Waals surface area contributed by atoms with E-state index in [2.05, 4.69) is 15.6 Å². The Labute approximate surface area is 156 Å². The predicted octanol–water partition coefficient (Wildman–Crippen LogP) is 2.25. The van der Waals surface area contributed by atoms with Crippen molar-refractivity contribution in [2.24, 2.45) is 0 Å². The Bertz CT molecular complexity index is 913. The summed E-state index contributed by atoms with van der Waals surface area (Å²) in [5.74, 6) is 0.0136. The summed E-state index contributed by atoms with van der Waals surface area (Å²) in [6.45, 7) is 2.73. The number of urea groups is 1. The highest BCUT2D eigenvalue weighted by Crippen LogP contribution is 2.35. The first kappa shape index (κ1) is 17.5. The van der Waals surface area contributed by atoms with Crippen LogP contribution < -0.4 is 10.6 Å². The number of anilines is 1. The van der Waals surface area contributed by atoms with Crippen LogP contribution in [0.15, 0.2) is 24.3 Å². The molecule has 1 aliphatic carbocycles. The molecule has 2 fully saturated rings. The minimum absolute atomic E-state index is 0.0438. The van der Waals surface area contributed by atoms with E-state index in [4.69, 9.17) is 0 Å². The Balaban J connectivity index is 1.42. The van der Waals surface area contributed by atoms with Crippen molar-refractivity contribution in [3.05, 3.63) is 24.3 Å². The summed E-state index contributed by atoms with van der Waals surface area (Å²) in [6.07, 6.45) is 3.28. The first-order chi connectivity index (χ1) is 13.0. The van der Waals surface area contributed by atoms with Crippen molar-refractivity contribution < 1.29 is 14.4 Å². The third-order valence-electron chi connectivity index (χ3n) is 5.49. The summed E-state index contributed by atoms with van der Waals surface area (Å²) in [4.78, 5) is 42.8. The number of nitrogens with one attached hydrogen (secondary N) is 2. The Morgan fingerprint density at radius 1 is 1.26 bits per heavy atom. The van der Waals surface area contributed by atoms with Gasteiger partial charge in [-0.05, 0) is 31.9 Å². The molecule has 2 aromatic rings. The topological polar surface area (TPSA) is 96.3 Å². The zero-order chi connectivity index (χ0) is 19.0. The van der Waals surface area contributed by atoms with Gasteiger partial charge in [0.25, 0.3) is 5.91 Å². The highest BCUT2D eigenvalue weighted by atomic mass is 16.2. The molecule has 8 heteroatoms. The number of amides is 4. The van der Waals surface area contributed by atoms with Gasteiger partial charge in [0.1, 0.15) is 5.54 Å². The first-order valence-corrected chi connectivity index (χ1v) is 9.43. The predicted molar refractivity (Wildman–Crippen MR) is 100 cm³/mol. The zero-order valence-electron chi connectivity index (χ0n) is 15.3. The van der Waals surface area contributed by atoms with Crippen LogP contribution in [-0.4, -0.2) is 44.4 Å². The average molecular weight is 369 g/mol. The van der Waals surface area contributed by atoms with E-state index in [0.717, 1.165) is 23.9 Å². The van der Waals surface area contributed by atoms with Crippen LogP contribution in [0, 0.1) is 0 Å². The molecule has 27 heavy (non-hydrogen) atoms. The molecule has 1 aliphatic heterocycles. The van der Waals surface area contributed by atoms with Gasteiger partial charge in [0.05, 0.1) is 11.0 Å². The average Bonchev–Trinajstić information content (AvgIpc) is 3.31. The molecule has 8 nitrogen and oxygen atoms in total. The van der Waals surface area contributed by atoms with Crippen molar-refractivity contribution in [3.63, 3.8) is 0 Å². The molecule has 0 radical (unpaired) electrons. The number of aryl methyl sites for hydroxylation is 1. The minimum Gasteiger partial charge on any atom is -0.323 e. The van der Waals surface area contributed by atoms with Gasteiger partial charge >= 0.3 is 6.03 Å². The fourth-order valence-corrected chi connectivity index (χ4v) is 4.09. The maximum atomic E-state index is 12.6. The van der Waals surface area contributed by atoms with Crippen molar-refractivity contribution >= 4 is 34.8 Å². The molecule has 0 atom stereocenters. The summed E-state index contributed by atoms with van der Waals surface area (Å²) in [7, 11) is 0. The molecule has 2 heterocycles. The molecule has 0 bridgehead atoms. The summed E-state index contributed by atoms with van der Waals surface area (Å²) < 4.78 is 1.93. The highest BCUT2D eigenvalue weighted by Gasteiger charge is 2.52. The number of imide groups is 1. The number of aromatic nitrogens is 2. The van der Waals surface area contributed by atoms with Gasteiger partial charge in [-0.2, -0.15) is 0 Å². The number of carbonyl (C=O) groups is 3. The molecule has 142 valence electrons. The van der Waals surface area contributed by atoms with Gasteiger partial charge < -0.3 is 9.88 Å². The number of hydrogen-bond acceptors (Lipinski definition) is 4. The number of rotatable bonds is 5. The van der Waals surface area contributed by atoms with Gasteiger partial charge in [-0.1, -0.05) is 25.0 Å². The second kappa shape index (κ2) is 6.68. The van der Waals surface area contributed by atoms with Gasteiger partial charge in [0.15, 0.2) is 0 Å². The van der Waals surface area contributed by atoms with Crippen LogP contribution in [0.1, 0.15) is 39.0 Å².